The zero-order valence-electron chi connectivity index (χ0n) is 12.6. The zero-order chi connectivity index (χ0) is 17.5. The number of aromatic nitrogens is 1. The van der Waals surface area contributed by atoms with Crippen molar-refractivity contribution < 1.29 is 19.5 Å². The number of benzene rings is 1. The fraction of sp³-hybridized carbons (Fsp3) is 0.200. The van der Waals surface area contributed by atoms with Crippen molar-refractivity contribution in [2.24, 2.45) is 5.73 Å². The van der Waals surface area contributed by atoms with E-state index in [-0.39, 0.29) is 12.3 Å². The maximum absolute atomic E-state index is 12.0. The van der Waals surface area contributed by atoms with Gasteiger partial charge in [0.05, 0.1) is 12.1 Å². The number of anilines is 1. The Kier molecular flexibility index (Phi) is 5.99. The Hall–Kier alpha value is -2.78. The highest BCUT2D eigenvalue weighted by Gasteiger charge is 2.10. The summed E-state index contributed by atoms with van der Waals surface area (Å²) >= 11 is 1.41. The second-order valence-electron chi connectivity index (χ2n) is 4.82. The number of thiazole rings is 1. The lowest BCUT2D eigenvalue weighted by Crippen LogP contribution is -2.29. The lowest BCUT2D eigenvalue weighted by molar-refractivity contribution is -0.135. The van der Waals surface area contributed by atoms with Gasteiger partial charge in [0.2, 0.25) is 5.91 Å². The molecule has 1 heterocycles. The van der Waals surface area contributed by atoms with E-state index in [1.807, 2.05) is 0 Å². The molecule has 0 bridgehead atoms. The molecule has 9 heteroatoms. The van der Waals surface area contributed by atoms with Gasteiger partial charge in [-0.2, -0.15) is 0 Å². The Balaban J connectivity index is 1.89. The fourth-order valence-electron chi connectivity index (χ4n) is 1.86. The van der Waals surface area contributed by atoms with Crippen molar-refractivity contribution in [1.29, 1.82) is 0 Å². The first-order chi connectivity index (χ1) is 11.5. The third kappa shape index (κ3) is 5.14. The van der Waals surface area contributed by atoms with E-state index in [9.17, 15) is 14.4 Å². The predicted octanol–water partition coefficient (Wildman–Crippen LogP) is 0.597. The molecule has 0 unspecified atom stereocenters. The van der Waals surface area contributed by atoms with Crippen LogP contribution in [0.15, 0.2) is 29.6 Å². The standard InChI is InChI=1S/C15H16N4O4S/c16-6-13-19-11(8-24-13)5-12(20)18-10-3-1-9(2-4-10)15(23)17-7-14(21)22/h1-4,8H,5-7,16H2,(H,17,23)(H,18,20)(H,21,22). The van der Waals surface area contributed by atoms with Crippen molar-refractivity contribution >= 4 is 34.8 Å². The second-order valence-corrected chi connectivity index (χ2v) is 5.76. The Labute approximate surface area is 141 Å². The van der Waals surface area contributed by atoms with Gasteiger partial charge in [-0.25, -0.2) is 4.98 Å². The first-order valence-electron chi connectivity index (χ1n) is 7.01. The molecular formula is C15H16N4O4S. The molecule has 2 aromatic rings. The summed E-state index contributed by atoms with van der Waals surface area (Å²) in [4.78, 5) is 38.3. The molecule has 0 aliphatic rings. The second kappa shape index (κ2) is 8.18. The lowest BCUT2D eigenvalue weighted by Gasteiger charge is -2.06. The van der Waals surface area contributed by atoms with Crippen molar-refractivity contribution in [2.75, 3.05) is 11.9 Å². The molecule has 0 radical (unpaired) electrons. The molecule has 0 aliphatic carbocycles. The monoisotopic (exact) mass is 348 g/mol. The Bertz CT molecular complexity index is 742. The highest BCUT2D eigenvalue weighted by Crippen LogP contribution is 2.12. The molecule has 1 aromatic carbocycles. The van der Waals surface area contributed by atoms with Gasteiger partial charge >= 0.3 is 5.97 Å². The summed E-state index contributed by atoms with van der Waals surface area (Å²) in [7, 11) is 0. The highest BCUT2D eigenvalue weighted by molar-refractivity contribution is 7.09. The van der Waals surface area contributed by atoms with Crippen molar-refractivity contribution in [1.82, 2.24) is 10.3 Å². The van der Waals surface area contributed by atoms with Crippen LogP contribution in [0.5, 0.6) is 0 Å². The summed E-state index contributed by atoms with van der Waals surface area (Å²) < 4.78 is 0. The first-order valence-corrected chi connectivity index (χ1v) is 7.89. The summed E-state index contributed by atoms with van der Waals surface area (Å²) in [5.74, 6) is -1.84. The van der Waals surface area contributed by atoms with E-state index < -0.39 is 18.4 Å². The molecule has 0 aliphatic heterocycles. The number of aliphatic carboxylic acids is 1. The van der Waals surface area contributed by atoms with Crippen molar-refractivity contribution in [3.05, 3.63) is 45.9 Å². The van der Waals surface area contributed by atoms with E-state index in [2.05, 4.69) is 15.6 Å². The van der Waals surface area contributed by atoms with E-state index in [4.69, 9.17) is 10.8 Å². The molecule has 0 saturated heterocycles. The third-order valence-electron chi connectivity index (χ3n) is 2.95. The molecule has 5 N–H and O–H groups in total. The van der Waals surface area contributed by atoms with Crippen LogP contribution in [0.2, 0.25) is 0 Å². The zero-order valence-corrected chi connectivity index (χ0v) is 13.4. The van der Waals surface area contributed by atoms with Gasteiger partial charge in [0.25, 0.3) is 5.91 Å². The topological polar surface area (TPSA) is 134 Å². The van der Waals surface area contributed by atoms with Crippen LogP contribution in [0.4, 0.5) is 5.69 Å². The minimum atomic E-state index is -1.12. The molecule has 126 valence electrons. The molecule has 0 spiro atoms. The van der Waals surface area contributed by atoms with Crippen LogP contribution in [-0.2, 0) is 22.6 Å². The van der Waals surface area contributed by atoms with Crippen LogP contribution in [0.3, 0.4) is 0 Å². The molecule has 2 amide bonds. The van der Waals surface area contributed by atoms with E-state index in [0.717, 1.165) is 5.01 Å². The lowest BCUT2D eigenvalue weighted by atomic mass is 10.2. The molecule has 0 atom stereocenters. The fourth-order valence-corrected chi connectivity index (χ4v) is 2.53. The normalized spacial score (nSPS) is 10.2. The average molecular weight is 348 g/mol. The van der Waals surface area contributed by atoms with Crippen molar-refractivity contribution in [2.45, 2.75) is 13.0 Å². The number of hydrogen-bond acceptors (Lipinski definition) is 6. The Morgan fingerprint density at radius 2 is 1.92 bits per heavy atom. The smallest absolute Gasteiger partial charge is 0.322 e. The summed E-state index contributed by atoms with van der Waals surface area (Å²) in [5.41, 5.74) is 6.97. The minimum absolute atomic E-state index is 0.136. The van der Waals surface area contributed by atoms with Gasteiger partial charge in [-0.15, -0.1) is 11.3 Å². The minimum Gasteiger partial charge on any atom is -0.480 e. The number of amides is 2. The number of nitrogens with zero attached hydrogens (tertiary/aromatic N) is 1. The maximum atomic E-state index is 12.0. The van der Waals surface area contributed by atoms with Gasteiger partial charge in [0, 0.05) is 23.2 Å². The predicted molar refractivity (Wildman–Crippen MR) is 88.8 cm³/mol. The molecule has 24 heavy (non-hydrogen) atoms. The summed E-state index contributed by atoms with van der Waals surface area (Å²) in [6.07, 6.45) is 0.136. The van der Waals surface area contributed by atoms with Gasteiger partial charge in [0.15, 0.2) is 0 Å². The number of nitrogens with one attached hydrogen (secondary N) is 2. The quantitative estimate of drug-likeness (QED) is 0.579. The van der Waals surface area contributed by atoms with Crippen LogP contribution in [-0.4, -0.2) is 34.4 Å². The van der Waals surface area contributed by atoms with E-state index in [1.54, 1.807) is 17.5 Å². The Morgan fingerprint density at radius 1 is 1.21 bits per heavy atom. The summed E-state index contributed by atoms with van der Waals surface area (Å²) in [6.45, 7) is -0.104. The molecule has 0 saturated carbocycles. The Morgan fingerprint density at radius 3 is 2.50 bits per heavy atom. The van der Waals surface area contributed by atoms with Crippen LogP contribution >= 0.6 is 11.3 Å². The van der Waals surface area contributed by atoms with Gasteiger partial charge in [0.1, 0.15) is 11.6 Å². The molecule has 0 fully saturated rings. The third-order valence-corrected chi connectivity index (χ3v) is 3.87. The maximum Gasteiger partial charge on any atom is 0.322 e. The number of nitrogens with two attached hydrogens (primary N) is 1. The van der Waals surface area contributed by atoms with E-state index >= 15 is 0 Å². The SMILES string of the molecule is NCc1nc(CC(=O)Nc2ccc(C(=O)NCC(=O)O)cc2)cs1. The summed E-state index contributed by atoms with van der Waals surface area (Å²) in [5, 5.41) is 16.0. The van der Waals surface area contributed by atoms with Gasteiger partial charge in [-0.1, -0.05) is 0 Å². The van der Waals surface area contributed by atoms with Crippen molar-refractivity contribution in [3.63, 3.8) is 0 Å². The number of carboxylic acids is 1. The number of carbonyl (C=O) groups excluding carboxylic acids is 2. The van der Waals surface area contributed by atoms with Gasteiger partial charge < -0.3 is 21.5 Å². The number of hydrogen-bond donors (Lipinski definition) is 4. The molecular weight excluding hydrogens is 332 g/mol. The molecule has 2 rings (SSSR count). The number of rotatable bonds is 7. The highest BCUT2D eigenvalue weighted by atomic mass is 32.1. The first kappa shape index (κ1) is 17.6. The van der Waals surface area contributed by atoms with Crippen LogP contribution in [0, 0.1) is 0 Å². The molecule has 8 nitrogen and oxygen atoms in total. The number of carboxylic acid groups (broad SMARTS) is 1. The van der Waals surface area contributed by atoms with Crippen LogP contribution in [0.25, 0.3) is 0 Å². The average Bonchev–Trinajstić information content (AvgIpc) is 3.00. The summed E-state index contributed by atoms with van der Waals surface area (Å²) in [6, 6.07) is 6.14. The van der Waals surface area contributed by atoms with Crippen LogP contribution < -0.4 is 16.4 Å². The van der Waals surface area contributed by atoms with Crippen LogP contribution in [0.1, 0.15) is 21.1 Å². The van der Waals surface area contributed by atoms with Gasteiger partial charge in [-0.05, 0) is 24.3 Å². The van der Waals surface area contributed by atoms with Gasteiger partial charge in [-0.3, -0.25) is 14.4 Å². The molecule has 1 aromatic heterocycles. The largest absolute Gasteiger partial charge is 0.480 e. The van der Waals surface area contributed by atoms with E-state index in [1.165, 1.54) is 23.5 Å². The van der Waals surface area contributed by atoms with E-state index in [0.29, 0.717) is 23.5 Å². The van der Waals surface area contributed by atoms with Crippen molar-refractivity contribution in [3.8, 4) is 0 Å². The number of carbonyl (C=O) groups is 3.